The predicted octanol–water partition coefficient (Wildman–Crippen LogP) is 2.90. The maximum absolute atomic E-state index is 5.04. The Morgan fingerprint density at radius 3 is 2.89 bits per heavy atom. The van der Waals surface area contributed by atoms with Crippen LogP contribution < -0.4 is 5.32 Å². The van der Waals surface area contributed by atoms with Gasteiger partial charge in [0.25, 0.3) is 0 Å². The van der Waals surface area contributed by atoms with Crippen molar-refractivity contribution < 1.29 is 4.52 Å². The number of nitrogens with one attached hydrogen (secondary N) is 1. The molecule has 0 aliphatic heterocycles. The van der Waals surface area contributed by atoms with Crippen LogP contribution in [0.5, 0.6) is 0 Å². The minimum absolute atomic E-state index is 0.639. The summed E-state index contributed by atoms with van der Waals surface area (Å²) >= 11 is 0. The highest BCUT2D eigenvalue weighted by atomic mass is 16.5. The van der Waals surface area contributed by atoms with Gasteiger partial charge in [-0.25, -0.2) is 4.98 Å². The normalized spacial score (nSPS) is 10.8. The molecule has 0 bridgehead atoms. The van der Waals surface area contributed by atoms with E-state index in [0.717, 1.165) is 36.1 Å². The summed E-state index contributed by atoms with van der Waals surface area (Å²) in [6, 6.07) is 1.93. The van der Waals surface area contributed by atoms with Crippen molar-refractivity contribution in [3.63, 3.8) is 0 Å². The van der Waals surface area contributed by atoms with Gasteiger partial charge in [-0.15, -0.1) is 0 Å². The Hall–Kier alpha value is -1.78. The smallest absolute Gasteiger partial charge is 0.203 e. The van der Waals surface area contributed by atoms with Crippen LogP contribution in [0.25, 0.3) is 0 Å². The van der Waals surface area contributed by atoms with Crippen molar-refractivity contribution in [3.05, 3.63) is 29.4 Å². The van der Waals surface area contributed by atoms with Gasteiger partial charge in [-0.1, -0.05) is 18.5 Å². The van der Waals surface area contributed by atoms with Gasteiger partial charge in [0.1, 0.15) is 11.5 Å². The first kappa shape index (κ1) is 12.7. The van der Waals surface area contributed by atoms with Crippen molar-refractivity contribution in [1.29, 1.82) is 0 Å². The molecular weight excluding hydrogens is 228 g/mol. The number of aryl methyl sites for hydroxylation is 3. The molecule has 0 aromatic carbocycles. The van der Waals surface area contributed by atoms with E-state index in [1.807, 2.05) is 19.9 Å². The van der Waals surface area contributed by atoms with E-state index in [4.69, 9.17) is 4.52 Å². The molecule has 0 spiro atoms. The predicted molar refractivity (Wildman–Crippen MR) is 70.4 cm³/mol. The van der Waals surface area contributed by atoms with E-state index in [1.54, 1.807) is 0 Å². The van der Waals surface area contributed by atoms with Crippen molar-refractivity contribution in [2.24, 2.45) is 0 Å². The molecule has 0 radical (unpaired) electrons. The van der Waals surface area contributed by atoms with Crippen LogP contribution in [0.15, 0.2) is 16.8 Å². The van der Waals surface area contributed by atoms with Crippen LogP contribution in [0.3, 0.4) is 0 Å². The Kier molecular flexibility index (Phi) is 4.02. The molecule has 0 amide bonds. The van der Waals surface area contributed by atoms with Crippen LogP contribution in [-0.2, 0) is 13.1 Å². The molecule has 0 unspecified atom stereocenters. The number of hydrogen-bond donors (Lipinski definition) is 1. The molecule has 2 aromatic rings. The summed E-state index contributed by atoms with van der Waals surface area (Å²) in [5.74, 6) is 1.74. The summed E-state index contributed by atoms with van der Waals surface area (Å²) in [6.07, 6.45) is 4.42. The van der Waals surface area contributed by atoms with Crippen LogP contribution in [0.4, 0.5) is 5.95 Å². The zero-order valence-corrected chi connectivity index (χ0v) is 11.2. The highest BCUT2D eigenvalue weighted by Gasteiger charge is 2.06. The molecule has 2 rings (SSSR count). The lowest BCUT2D eigenvalue weighted by Gasteiger charge is -2.07. The lowest BCUT2D eigenvalue weighted by Crippen LogP contribution is -2.07. The summed E-state index contributed by atoms with van der Waals surface area (Å²) in [5, 5.41) is 7.26. The topological polar surface area (TPSA) is 55.9 Å². The molecule has 2 heterocycles. The van der Waals surface area contributed by atoms with Gasteiger partial charge in [-0.3, -0.25) is 0 Å². The van der Waals surface area contributed by atoms with Gasteiger partial charge >= 0.3 is 0 Å². The van der Waals surface area contributed by atoms with Gasteiger partial charge in [0, 0.05) is 18.8 Å². The standard InChI is InChI=1S/C13H20N4O/c1-4-5-6-17-9-10(2)15-13(17)14-8-12-7-11(3)18-16-12/h7,9H,4-6,8H2,1-3H3,(H,14,15). The quantitative estimate of drug-likeness (QED) is 0.854. The monoisotopic (exact) mass is 248 g/mol. The molecule has 5 nitrogen and oxygen atoms in total. The Balaban J connectivity index is 1.99. The van der Waals surface area contributed by atoms with Crippen LogP contribution >= 0.6 is 0 Å². The summed E-state index contributed by atoms with van der Waals surface area (Å²) in [6.45, 7) is 7.73. The molecule has 98 valence electrons. The first-order chi connectivity index (χ1) is 8.69. The number of aromatic nitrogens is 3. The lowest BCUT2D eigenvalue weighted by molar-refractivity contribution is 0.391. The minimum atomic E-state index is 0.639. The first-order valence-electron chi connectivity index (χ1n) is 6.39. The molecule has 0 saturated carbocycles. The van der Waals surface area contributed by atoms with Crippen molar-refractivity contribution in [2.45, 2.75) is 46.7 Å². The summed E-state index contributed by atoms with van der Waals surface area (Å²) in [7, 11) is 0. The number of anilines is 1. The van der Waals surface area contributed by atoms with E-state index in [9.17, 15) is 0 Å². The molecule has 1 N–H and O–H groups in total. The molecule has 18 heavy (non-hydrogen) atoms. The zero-order valence-electron chi connectivity index (χ0n) is 11.2. The van der Waals surface area contributed by atoms with Crippen molar-refractivity contribution in [1.82, 2.24) is 14.7 Å². The number of hydrogen-bond acceptors (Lipinski definition) is 4. The summed E-state index contributed by atoms with van der Waals surface area (Å²) in [4.78, 5) is 4.48. The second kappa shape index (κ2) is 5.71. The fraction of sp³-hybridized carbons (Fsp3) is 0.538. The molecule has 5 heteroatoms. The van der Waals surface area contributed by atoms with E-state index in [0.29, 0.717) is 6.54 Å². The van der Waals surface area contributed by atoms with Gasteiger partial charge in [-0.05, 0) is 20.3 Å². The SMILES string of the molecule is CCCCn1cc(C)nc1NCc1cc(C)on1. The van der Waals surface area contributed by atoms with Gasteiger partial charge in [0.2, 0.25) is 5.95 Å². The zero-order chi connectivity index (χ0) is 13.0. The molecule has 0 fully saturated rings. The van der Waals surface area contributed by atoms with Crippen molar-refractivity contribution in [3.8, 4) is 0 Å². The van der Waals surface area contributed by atoms with Gasteiger partial charge in [0.15, 0.2) is 0 Å². The number of unbranched alkanes of at least 4 members (excludes halogenated alkanes) is 1. The average molecular weight is 248 g/mol. The third-order valence-corrected chi connectivity index (χ3v) is 2.75. The first-order valence-corrected chi connectivity index (χ1v) is 6.39. The molecule has 0 saturated heterocycles. The number of rotatable bonds is 6. The molecule has 2 aromatic heterocycles. The second-order valence-electron chi connectivity index (χ2n) is 4.54. The van der Waals surface area contributed by atoms with E-state index in [2.05, 4.69) is 33.1 Å². The maximum Gasteiger partial charge on any atom is 0.203 e. The molecule has 0 aliphatic rings. The Bertz CT molecular complexity index is 501. The maximum atomic E-state index is 5.04. The Labute approximate surface area is 107 Å². The Morgan fingerprint density at radius 1 is 1.39 bits per heavy atom. The fourth-order valence-electron chi connectivity index (χ4n) is 1.86. The fourth-order valence-corrected chi connectivity index (χ4v) is 1.86. The third kappa shape index (κ3) is 3.12. The van der Waals surface area contributed by atoms with Crippen LogP contribution in [0.2, 0.25) is 0 Å². The molecule has 0 aliphatic carbocycles. The highest BCUT2D eigenvalue weighted by molar-refractivity contribution is 5.29. The molecule has 0 atom stereocenters. The largest absolute Gasteiger partial charge is 0.361 e. The summed E-state index contributed by atoms with van der Waals surface area (Å²) < 4.78 is 7.19. The molecular formula is C13H20N4O. The number of nitrogens with zero attached hydrogens (tertiary/aromatic N) is 3. The van der Waals surface area contributed by atoms with Crippen LogP contribution in [0, 0.1) is 13.8 Å². The van der Waals surface area contributed by atoms with Crippen LogP contribution in [0.1, 0.15) is 36.9 Å². The van der Waals surface area contributed by atoms with E-state index in [1.165, 1.54) is 6.42 Å². The van der Waals surface area contributed by atoms with Crippen molar-refractivity contribution in [2.75, 3.05) is 5.32 Å². The summed E-state index contributed by atoms with van der Waals surface area (Å²) in [5.41, 5.74) is 1.93. The van der Waals surface area contributed by atoms with E-state index >= 15 is 0 Å². The van der Waals surface area contributed by atoms with Gasteiger partial charge in [-0.2, -0.15) is 0 Å². The van der Waals surface area contributed by atoms with Crippen molar-refractivity contribution >= 4 is 5.95 Å². The van der Waals surface area contributed by atoms with Crippen LogP contribution in [-0.4, -0.2) is 14.7 Å². The van der Waals surface area contributed by atoms with Gasteiger partial charge in [0.05, 0.1) is 12.2 Å². The second-order valence-corrected chi connectivity index (χ2v) is 4.54. The number of imidazole rings is 1. The minimum Gasteiger partial charge on any atom is -0.361 e. The van der Waals surface area contributed by atoms with Gasteiger partial charge < -0.3 is 14.4 Å². The highest BCUT2D eigenvalue weighted by Crippen LogP contribution is 2.11. The Morgan fingerprint density at radius 2 is 2.22 bits per heavy atom. The van der Waals surface area contributed by atoms with E-state index < -0.39 is 0 Å². The van der Waals surface area contributed by atoms with E-state index in [-0.39, 0.29) is 0 Å². The third-order valence-electron chi connectivity index (χ3n) is 2.75. The lowest BCUT2D eigenvalue weighted by atomic mass is 10.3. The average Bonchev–Trinajstić information content (AvgIpc) is 2.90.